The molecule has 0 spiro atoms. The van der Waals surface area contributed by atoms with Crippen molar-refractivity contribution >= 4 is 11.6 Å². The number of Topliss-reactive ketones (excluding diaryl/α,β-unsaturated/α-hetero) is 2. The lowest BCUT2D eigenvalue weighted by molar-refractivity contribution is -0.135. The van der Waals surface area contributed by atoms with Gasteiger partial charge < -0.3 is 0 Å². The Labute approximate surface area is 70.3 Å². The number of carbonyl (C=O) groups excluding carboxylic acids is 2. The number of carbonyl (C=O) groups is 2. The molecule has 4 nitrogen and oxygen atoms in total. The van der Waals surface area contributed by atoms with Gasteiger partial charge in [-0.2, -0.15) is 0 Å². The van der Waals surface area contributed by atoms with Crippen molar-refractivity contribution in [3.05, 3.63) is 4.91 Å². The summed E-state index contributed by atoms with van der Waals surface area (Å²) in [5, 5.41) is 2.53. The molecule has 1 rings (SSSR count). The molecule has 0 aliphatic heterocycles. The van der Waals surface area contributed by atoms with Gasteiger partial charge in [0.2, 0.25) is 6.04 Å². The summed E-state index contributed by atoms with van der Waals surface area (Å²) in [5.41, 5.74) is -0.296. The molecule has 0 bridgehead atoms. The first-order chi connectivity index (χ1) is 5.46. The summed E-state index contributed by atoms with van der Waals surface area (Å²) >= 11 is 0. The first-order valence-corrected chi connectivity index (χ1v) is 3.84. The van der Waals surface area contributed by atoms with Gasteiger partial charge in [-0.05, 0) is 5.41 Å². The monoisotopic (exact) mass is 169 g/mol. The van der Waals surface area contributed by atoms with Crippen LogP contribution in [0.3, 0.4) is 0 Å². The van der Waals surface area contributed by atoms with Crippen LogP contribution >= 0.6 is 0 Å². The minimum Gasteiger partial charge on any atom is -0.297 e. The summed E-state index contributed by atoms with van der Waals surface area (Å²) in [5.74, 6) is -0.683. The zero-order valence-electron chi connectivity index (χ0n) is 7.16. The van der Waals surface area contributed by atoms with Crippen molar-refractivity contribution in [3.8, 4) is 0 Å². The lowest BCUT2D eigenvalue weighted by Gasteiger charge is -2.28. The van der Waals surface area contributed by atoms with Crippen LogP contribution in [-0.4, -0.2) is 17.6 Å². The van der Waals surface area contributed by atoms with Crippen LogP contribution in [0.25, 0.3) is 0 Å². The summed E-state index contributed by atoms with van der Waals surface area (Å²) in [6.45, 7) is 3.67. The highest BCUT2D eigenvalue weighted by atomic mass is 16.3. The average molecular weight is 169 g/mol. The van der Waals surface area contributed by atoms with Crippen LogP contribution in [0.2, 0.25) is 0 Å². The van der Waals surface area contributed by atoms with Crippen molar-refractivity contribution in [3.63, 3.8) is 0 Å². The Kier molecular flexibility index (Phi) is 2.08. The van der Waals surface area contributed by atoms with Gasteiger partial charge >= 0.3 is 0 Å². The van der Waals surface area contributed by atoms with Gasteiger partial charge in [0.15, 0.2) is 11.6 Å². The summed E-state index contributed by atoms with van der Waals surface area (Å²) in [7, 11) is 0. The molecule has 1 aliphatic rings. The molecule has 0 N–H and O–H groups in total. The summed E-state index contributed by atoms with van der Waals surface area (Å²) in [6.07, 6.45) is 0.546. The van der Waals surface area contributed by atoms with E-state index in [2.05, 4.69) is 5.18 Å². The highest BCUT2D eigenvalue weighted by Crippen LogP contribution is 2.32. The molecule has 0 radical (unpaired) electrons. The van der Waals surface area contributed by atoms with Gasteiger partial charge in [0.1, 0.15) is 0 Å². The Balaban J connectivity index is 2.84. The molecule has 12 heavy (non-hydrogen) atoms. The van der Waals surface area contributed by atoms with Crippen LogP contribution in [-0.2, 0) is 9.59 Å². The molecule has 1 saturated carbocycles. The Hall–Kier alpha value is -1.06. The van der Waals surface area contributed by atoms with Gasteiger partial charge in [-0.3, -0.25) is 9.59 Å². The van der Waals surface area contributed by atoms with E-state index in [4.69, 9.17) is 0 Å². The van der Waals surface area contributed by atoms with Crippen LogP contribution in [0, 0.1) is 10.3 Å². The molecule has 0 amide bonds. The van der Waals surface area contributed by atoms with E-state index < -0.39 is 6.04 Å². The van der Waals surface area contributed by atoms with Gasteiger partial charge in [0.05, 0.1) is 0 Å². The van der Waals surface area contributed by atoms with Crippen molar-refractivity contribution in [1.29, 1.82) is 0 Å². The molecule has 0 aromatic rings. The fourth-order valence-electron chi connectivity index (χ4n) is 1.50. The lowest BCUT2D eigenvalue weighted by atomic mass is 9.74. The van der Waals surface area contributed by atoms with Gasteiger partial charge in [-0.15, -0.1) is 4.91 Å². The van der Waals surface area contributed by atoms with Crippen molar-refractivity contribution in [2.75, 3.05) is 0 Å². The van der Waals surface area contributed by atoms with E-state index in [9.17, 15) is 14.5 Å². The zero-order valence-corrected chi connectivity index (χ0v) is 7.16. The topological polar surface area (TPSA) is 63.6 Å². The maximum atomic E-state index is 11.1. The van der Waals surface area contributed by atoms with Gasteiger partial charge in [0, 0.05) is 12.8 Å². The summed E-state index contributed by atoms with van der Waals surface area (Å²) < 4.78 is 0. The van der Waals surface area contributed by atoms with E-state index >= 15 is 0 Å². The highest BCUT2D eigenvalue weighted by Gasteiger charge is 2.40. The van der Waals surface area contributed by atoms with Crippen molar-refractivity contribution < 1.29 is 9.59 Å². The third kappa shape index (κ3) is 1.57. The van der Waals surface area contributed by atoms with Gasteiger partial charge in [0.25, 0.3) is 0 Å². The molecule has 1 fully saturated rings. The smallest absolute Gasteiger partial charge is 0.208 e. The number of nitroso groups, excluding NO2 is 1. The second kappa shape index (κ2) is 2.77. The highest BCUT2D eigenvalue weighted by molar-refractivity contribution is 6.09. The number of nitrogens with zero attached hydrogens (tertiary/aromatic N) is 1. The van der Waals surface area contributed by atoms with E-state index in [1.165, 1.54) is 0 Å². The maximum Gasteiger partial charge on any atom is 0.208 e. The predicted octanol–water partition coefficient (Wildman–Crippen LogP) is 1.08. The number of hydrogen-bond acceptors (Lipinski definition) is 4. The van der Waals surface area contributed by atoms with E-state index in [0.717, 1.165) is 0 Å². The fraction of sp³-hybridized carbons (Fsp3) is 0.750. The number of hydrogen-bond donors (Lipinski definition) is 0. The van der Waals surface area contributed by atoms with E-state index in [-0.39, 0.29) is 29.8 Å². The molecule has 0 aromatic carbocycles. The van der Waals surface area contributed by atoms with Crippen molar-refractivity contribution in [1.82, 2.24) is 0 Å². The zero-order chi connectivity index (χ0) is 9.35. The van der Waals surface area contributed by atoms with E-state index in [1.54, 1.807) is 0 Å². The van der Waals surface area contributed by atoms with E-state index in [1.807, 2.05) is 13.8 Å². The molecule has 1 aliphatic carbocycles. The Morgan fingerprint density at radius 1 is 1.25 bits per heavy atom. The van der Waals surface area contributed by atoms with Crippen LogP contribution in [0.15, 0.2) is 5.18 Å². The quantitative estimate of drug-likeness (QED) is 0.435. The summed E-state index contributed by atoms with van der Waals surface area (Å²) in [4.78, 5) is 32.4. The van der Waals surface area contributed by atoms with Crippen molar-refractivity contribution in [2.24, 2.45) is 10.6 Å². The van der Waals surface area contributed by atoms with Gasteiger partial charge in [-0.1, -0.05) is 19.0 Å². The average Bonchev–Trinajstić information content (AvgIpc) is 1.82. The second-order valence-corrected chi connectivity index (χ2v) is 3.96. The first-order valence-electron chi connectivity index (χ1n) is 3.84. The Bertz CT molecular complexity index is 225. The molecule has 0 aromatic heterocycles. The molecule has 0 heterocycles. The predicted molar refractivity (Wildman–Crippen MR) is 42.6 cm³/mol. The molecule has 0 atom stereocenters. The van der Waals surface area contributed by atoms with Crippen LogP contribution in [0.5, 0.6) is 0 Å². The van der Waals surface area contributed by atoms with E-state index in [0.29, 0.717) is 0 Å². The lowest BCUT2D eigenvalue weighted by Crippen LogP contribution is -2.40. The fourth-order valence-corrected chi connectivity index (χ4v) is 1.50. The minimum atomic E-state index is -1.22. The number of ketones is 2. The second-order valence-electron chi connectivity index (χ2n) is 3.96. The van der Waals surface area contributed by atoms with Crippen molar-refractivity contribution in [2.45, 2.75) is 32.7 Å². The summed E-state index contributed by atoms with van der Waals surface area (Å²) in [6, 6.07) is -1.22. The Morgan fingerprint density at radius 3 is 2.00 bits per heavy atom. The first kappa shape index (κ1) is 9.03. The van der Waals surface area contributed by atoms with Crippen LogP contribution in [0.4, 0.5) is 0 Å². The SMILES string of the molecule is CC1(C)CC(=O)C(N=O)C(=O)C1. The molecule has 66 valence electrons. The van der Waals surface area contributed by atoms with Crippen LogP contribution < -0.4 is 0 Å². The standard InChI is InChI=1S/C8H11NO3/c1-8(2)3-5(10)7(9-12)6(11)4-8/h7H,3-4H2,1-2H3. The third-order valence-electron chi connectivity index (χ3n) is 2.02. The Morgan fingerprint density at radius 2 is 1.67 bits per heavy atom. The maximum absolute atomic E-state index is 11.1. The molecule has 0 unspecified atom stereocenters. The minimum absolute atomic E-state index is 0.273. The molecular formula is C8H11NO3. The number of rotatable bonds is 1. The molecular weight excluding hydrogens is 158 g/mol. The van der Waals surface area contributed by atoms with Gasteiger partial charge in [-0.25, -0.2) is 0 Å². The molecule has 4 heteroatoms. The van der Waals surface area contributed by atoms with Crippen LogP contribution in [0.1, 0.15) is 26.7 Å². The largest absolute Gasteiger partial charge is 0.297 e. The normalized spacial score (nSPS) is 24.2. The third-order valence-corrected chi connectivity index (χ3v) is 2.02. The molecule has 0 saturated heterocycles.